The molecule has 0 spiro atoms. The maximum absolute atomic E-state index is 11.7. The molecule has 2 rings (SSSR count). The molecule has 0 saturated carbocycles. The topological polar surface area (TPSA) is 68.3 Å². The van der Waals surface area contributed by atoms with Gasteiger partial charge in [0.2, 0.25) is 0 Å². The average molecular weight is 335 g/mol. The van der Waals surface area contributed by atoms with Crippen molar-refractivity contribution in [3.63, 3.8) is 0 Å². The number of hydrogen-bond donors (Lipinski definition) is 1. The highest BCUT2D eigenvalue weighted by molar-refractivity contribution is 9.10. The highest BCUT2D eigenvalue weighted by Crippen LogP contribution is 2.15. The van der Waals surface area contributed by atoms with Crippen molar-refractivity contribution in [2.45, 2.75) is 0 Å². The Labute approximate surface area is 124 Å². The third-order valence-electron chi connectivity index (χ3n) is 2.36. The number of carbonyl (C=O) groups excluding carboxylic acids is 2. The third kappa shape index (κ3) is 4.17. The molecule has 0 fully saturated rings. The van der Waals surface area contributed by atoms with Crippen LogP contribution in [-0.2, 0) is 4.79 Å². The van der Waals surface area contributed by atoms with Crippen LogP contribution in [0.25, 0.3) is 0 Å². The van der Waals surface area contributed by atoms with Gasteiger partial charge in [-0.2, -0.15) is 0 Å². The fourth-order valence-corrected chi connectivity index (χ4v) is 1.86. The largest absolute Gasteiger partial charge is 0.482 e. The van der Waals surface area contributed by atoms with Crippen LogP contribution in [-0.4, -0.2) is 23.8 Å². The molecule has 1 aromatic carbocycles. The molecule has 0 atom stereocenters. The SMILES string of the molecule is O=Cc1ccc(OCC(=O)Nc2cccc(Br)c2)cn1. The number of halogens is 1. The lowest BCUT2D eigenvalue weighted by molar-refractivity contribution is -0.118. The Bertz CT molecular complexity index is 614. The Morgan fingerprint density at radius 2 is 2.20 bits per heavy atom. The van der Waals surface area contributed by atoms with E-state index in [1.165, 1.54) is 12.3 Å². The zero-order chi connectivity index (χ0) is 14.4. The molecule has 1 aromatic heterocycles. The summed E-state index contributed by atoms with van der Waals surface area (Å²) in [6.07, 6.45) is 2.04. The second-order valence-corrected chi connectivity index (χ2v) is 4.80. The number of aldehydes is 1. The molecule has 0 aliphatic heterocycles. The van der Waals surface area contributed by atoms with Gasteiger partial charge < -0.3 is 10.1 Å². The van der Waals surface area contributed by atoms with E-state index in [9.17, 15) is 9.59 Å². The van der Waals surface area contributed by atoms with Gasteiger partial charge in [0.25, 0.3) is 5.91 Å². The first-order valence-electron chi connectivity index (χ1n) is 5.77. The summed E-state index contributed by atoms with van der Waals surface area (Å²) in [5.74, 6) is 0.155. The molecule has 0 aliphatic rings. The van der Waals surface area contributed by atoms with Gasteiger partial charge in [0, 0.05) is 10.2 Å². The summed E-state index contributed by atoms with van der Waals surface area (Å²) < 4.78 is 6.15. The smallest absolute Gasteiger partial charge is 0.262 e. The van der Waals surface area contributed by atoms with Crippen LogP contribution < -0.4 is 10.1 Å². The van der Waals surface area contributed by atoms with Crippen LogP contribution in [0.15, 0.2) is 47.1 Å². The number of nitrogens with zero attached hydrogens (tertiary/aromatic N) is 1. The number of carbonyl (C=O) groups is 2. The lowest BCUT2D eigenvalue weighted by Crippen LogP contribution is -2.20. The van der Waals surface area contributed by atoms with Crippen LogP contribution in [0.1, 0.15) is 10.5 Å². The molecule has 2 aromatic rings. The zero-order valence-corrected chi connectivity index (χ0v) is 12.0. The molecule has 1 heterocycles. The number of ether oxygens (including phenoxy) is 1. The Balaban J connectivity index is 1.87. The maximum atomic E-state index is 11.7. The van der Waals surface area contributed by atoms with Gasteiger partial charge in [-0.3, -0.25) is 9.59 Å². The fraction of sp³-hybridized carbons (Fsp3) is 0.0714. The van der Waals surface area contributed by atoms with Crippen molar-refractivity contribution in [1.82, 2.24) is 4.98 Å². The monoisotopic (exact) mass is 334 g/mol. The number of pyridine rings is 1. The molecule has 102 valence electrons. The van der Waals surface area contributed by atoms with Crippen molar-refractivity contribution in [3.05, 3.63) is 52.8 Å². The van der Waals surface area contributed by atoms with Crippen molar-refractivity contribution in [2.24, 2.45) is 0 Å². The summed E-state index contributed by atoms with van der Waals surface area (Å²) in [6.45, 7) is -0.130. The van der Waals surface area contributed by atoms with Gasteiger partial charge >= 0.3 is 0 Å². The quantitative estimate of drug-likeness (QED) is 0.853. The van der Waals surface area contributed by atoms with Crippen molar-refractivity contribution >= 4 is 33.8 Å². The second-order valence-electron chi connectivity index (χ2n) is 3.88. The first-order chi connectivity index (χ1) is 9.67. The van der Waals surface area contributed by atoms with Gasteiger partial charge in [0.15, 0.2) is 12.9 Å². The summed E-state index contributed by atoms with van der Waals surface area (Å²) in [5, 5.41) is 2.71. The van der Waals surface area contributed by atoms with E-state index in [1.807, 2.05) is 12.1 Å². The predicted octanol–water partition coefficient (Wildman–Crippen LogP) is 2.67. The molecule has 0 saturated heterocycles. The van der Waals surface area contributed by atoms with E-state index < -0.39 is 0 Å². The first-order valence-corrected chi connectivity index (χ1v) is 6.56. The lowest BCUT2D eigenvalue weighted by atomic mass is 10.3. The predicted molar refractivity (Wildman–Crippen MR) is 77.9 cm³/mol. The van der Waals surface area contributed by atoms with E-state index in [1.54, 1.807) is 18.2 Å². The molecular formula is C14H11BrN2O3. The number of anilines is 1. The molecule has 20 heavy (non-hydrogen) atoms. The average Bonchev–Trinajstić information content (AvgIpc) is 2.46. The first kappa shape index (κ1) is 14.2. The van der Waals surface area contributed by atoms with Crippen molar-refractivity contribution in [3.8, 4) is 5.75 Å². The lowest BCUT2D eigenvalue weighted by Gasteiger charge is -2.07. The standard InChI is InChI=1S/C14H11BrN2O3/c15-10-2-1-3-11(6-10)17-14(19)9-20-13-5-4-12(8-18)16-7-13/h1-8H,9H2,(H,17,19). The molecule has 1 N–H and O–H groups in total. The Morgan fingerprint density at radius 3 is 2.85 bits per heavy atom. The van der Waals surface area contributed by atoms with Gasteiger partial charge in [-0.15, -0.1) is 0 Å². The second kappa shape index (κ2) is 6.81. The van der Waals surface area contributed by atoms with Crippen LogP contribution in [0, 0.1) is 0 Å². The van der Waals surface area contributed by atoms with Crippen LogP contribution in [0.3, 0.4) is 0 Å². The Kier molecular flexibility index (Phi) is 4.84. The van der Waals surface area contributed by atoms with Gasteiger partial charge in [-0.1, -0.05) is 22.0 Å². The normalized spacial score (nSPS) is 9.85. The van der Waals surface area contributed by atoms with Crippen molar-refractivity contribution < 1.29 is 14.3 Å². The molecule has 0 aliphatic carbocycles. The van der Waals surface area contributed by atoms with E-state index in [-0.39, 0.29) is 12.5 Å². The molecule has 0 unspecified atom stereocenters. The van der Waals surface area contributed by atoms with E-state index >= 15 is 0 Å². The third-order valence-corrected chi connectivity index (χ3v) is 2.85. The minimum absolute atomic E-state index is 0.130. The fourth-order valence-electron chi connectivity index (χ4n) is 1.46. The summed E-state index contributed by atoms with van der Waals surface area (Å²) in [6, 6.07) is 10.4. The molecule has 1 amide bonds. The van der Waals surface area contributed by atoms with Gasteiger partial charge in [-0.05, 0) is 30.3 Å². The van der Waals surface area contributed by atoms with Gasteiger partial charge in [-0.25, -0.2) is 4.98 Å². The highest BCUT2D eigenvalue weighted by atomic mass is 79.9. The number of amides is 1. The number of nitrogens with one attached hydrogen (secondary N) is 1. The van der Waals surface area contributed by atoms with Crippen LogP contribution in [0.5, 0.6) is 5.75 Å². The van der Waals surface area contributed by atoms with E-state index in [2.05, 4.69) is 26.2 Å². The molecule has 6 heteroatoms. The molecule has 0 radical (unpaired) electrons. The summed E-state index contributed by atoms with van der Waals surface area (Å²) in [7, 11) is 0. The number of aromatic nitrogens is 1. The van der Waals surface area contributed by atoms with Gasteiger partial charge in [0.05, 0.1) is 6.20 Å². The number of hydrogen-bond acceptors (Lipinski definition) is 4. The van der Waals surface area contributed by atoms with Crippen molar-refractivity contribution in [1.29, 1.82) is 0 Å². The summed E-state index contributed by atoms with van der Waals surface area (Å²) in [4.78, 5) is 26.0. The number of rotatable bonds is 5. The van der Waals surface area contributed by atoms with Crippen LogP contribution in [0.4, 0.5) is 5.69 Å². The Hall–Kier alpha value is -2.21. The van der Waals surface area contributed by atoms with Crippen LogP contribution >= 0.6 is 15.9 Å². The van der Waals surface area contributed by atoms with Crippen molar-refractivity contribution in [2.75, 3.05) is 11.9 Å². The molecular weight excluding hydrogens is 324 g/mol. The van der Waals surface area contributed by atoms with E-state index in [0.717, 1.165) is 4.47 Å². The van der Waals surface area contributed by atoms with Gasteiger partial charge in [0.1, 0.15) is 11.4 Å². The number of benzene rings is 1. The Morgan fingerprint density at radius 1 is 1.35 bits per heavy atom. The maximum Gasteiger partial charge on any atom is 0.262 e. The van der Waals surface area contributed by atoms with E-state index in [4.69, 9.17) is 4.74 Å². The summed E-state index contributed by atoms with van der Waals surface area (Å²) >= 11 is 3.32. The highest BCUT2D eigenvalue weighted by Gasteiger charge is 2.04. The summed E-state index contributed by atoms with van der Waals surface area (Å²) in [5.41, 5.74) is 0.998. The minimum atomic E-state index is -0.275. The molecule has 5 nitrogen and oxygen atoms in total. The molecule has 0 bridgehead atoms. The minimum Gasteiger partial charge on any atom is -0.482 e. The van der Waals surface area contributed by atoms with Crippen LogP contribution in [0.2, 0.25) is 0 Å². The van der Waals surface area contributed by atoms with E-state index in [0.29, 0.717) is 23.4 Å². The zero-order valence-electron chi connectivity index (χ0n) is 10.4.